The first-order valence-electron chi connectivity index (χ1n) is 8.79. The highest BCUT2D eigenvalue weighted by Crippen LogP contribution is 2.31. The van der Waals surface area contributed by atoms with Gasteiger partial charge in [0.2, 0.25) is 0 Å². The van der Waals surface area contributed by atoms with Crippen LogP contribution in [0.5, 0.6) is 0 Å². The topological polar surface area (TPSA) is 78.5 Å². The van der Waals surface area contributed by atoms with Crippen molar-refractivity contribution < 1.29 is 13.2 Å². The van der Waals surface area contributed by atoms with Crippen molar-refractivity contribution in [2.45, 2.75) is 31.6 Å². The molecule has 2 amide bonds. The molecule has 8 heteroatoms. The number of rotatable bonds is 5. The standard InChI is InChI=1S/C19H22ClN3O3S/c1-3-9-21-19(24)23-10-8-14-12-16(5-7-18(14)23)27(25,26)22-17-6-4-15(20)11-13(17)2/h4-7,11-12,22H,3,8-10H2,1-2H3,(H,21,24). The lowest BCUT2D eigenvalue weighted by Crippen LogP contribution is -2.39. The Bertz CT molecular complexity index is 976. The predicted octanol–water partition coefficient (Wildman–Crippen LogP) is 3.93. The van der Waals surface area contributed by atoms with E-state index in [9.17, 15) is 13.2 Å². The number of benzene rings is 2. The summed E-state index contributed by atoms with van der Waals surface area (Å²) in [5.41, 5.74) is 2.83. The van der Waals surface area contributed by atoms with Crippen LogP contribution in [0, 0.1) is 6.92 Å². The maximum atomic E-state index is 12.8. The van der Waals surface area contributed by atoms with Crippen LogP contribution in [0.3, 0.4) is 0 Å². The van der Waals surface area contributed by atoms with Gasteiger partial charge in [-0.3, -0.25) is 9.62 Å². The number of hydrogen-bond donors (Lipinski definition) is 2. The van der Waals surface area contributed by atoms with E-state index >= 15 is 0 Å². The molecule has 2 N–H and O–H groups in total. The minimum absolute atomic E-state index is 0.152. The number of hydrogen-bond acceptors (Lipinski definition) is 3. The summed E-state index contributed by atoms with van der Waals surface area (Å²) in [4.78, 5) is 14.1. The van der Waals surface area contributed by atoms with E-state index in [1.165, 1.54) is 6.07 Å². The van der Waals surface area contributed by atoms with E-state index in [0.29, 0.717) is 30.2 Å². The molecule has 27 heavy (non-hydrogen) atoms. The first kappa shape index (κ1) is 19.5. The van der Waals surface area contributed by atoms with Crippen LogP contribution in [0.4, 0.5) is 16.2 Å². The van der Waals surface area contributed by atoms with Gasteiger partial charge in [-0.25, -0.2) is 13.2 Å². The zero-order chi connectivity index (χ0) is 19.6. The summed E-state index contributed by atoms with van der Waals surface area (Å²) in [6, 6.07) is 9.69. The quantitative estimate of drug-likeness (QED) is 0.788. The number of anilines is 2. The van der Waals surface area contributed by atoms with Crippen molar-refractivity contribution >= 4 is 39.0 Å². The first-order valence-corrected chi connectivity index (χ1v) is 10.6. The third-order valence-electron chi connectivity index (χ3n) is 4.46. The normalized spacial score (nSPS) is 13.4. The smallest absolute Gasteiger partial charge is 0.321 e. The number of fused-ring (bicyclic) bond motifs is 1. The van der Waals surface area contributed by atoms with E-state index in [2.05, 4.69) is 10.0 Å². The van der Waals surface area contributed by atoms with Gasteiger partial charge >= 0.3 is 6.03 Å². The Morgan fingerprint density at radius 2 is 2.00 bits per heavy atom. The molecule has 2 aromatic rings. The molecule has 3 rings (SSSR count). The van der Waals surface area contributed by atoms with Crippen molar-refractivity contribution in [3.05, 3.63) is 52.5 Å². The van der Waals surface area contributed by atoms with Gasteiger partial charge in [-0.1, -0.05) is 18.5 Å². The number of amides is 2. The molecule has 0 atom stereocenters. The second-order valence-electron chi connectivity index (χ2n) is 6.49. The predicted molar refractivity (Wildman–Crippen MR) is 108 cm³/mol. The van der Waals surface area contributed by atoms with Crippen molar-refractivity contribution in [2.75, 3.05) is 22.7 Å². The van der Waals surface area contributed by atoms with Crippen LogP contribution in [-0.2, 0) is 16.4 Å². The SMILES string of the molecule is CCCNC(=O)N1CCc2cc(S(=O)(=O)Nc3ccc(Cl)cc3C)ccc21. The fourth-order valence-corrected chi connectivity index (χ4v) is 4.44. The Morgan fingerprint density at radius 1 is 1.22 bits per heavy atom. The molecule has 0 spiro atoms. The van der Waals surface area contributed by atoms with Gasteiger partial charge in [0.25, 0.3) is 10.0 Å². The summed E-state index contributed by atoms with van der Waals surface area (Å²) in [6.45, 7) is 4.93. The first-order chi connectivity index (χ1) is 12.8. The molecule has 0 saturated heterocycles. The van der Waals surface area contributed by atoms with Crippen LogP contribution in [-0.4, -0.2) is 27.5 Å². The third kappa shape index (κ3) is 4.20. The van der Waals surface area contributed by atoms with Crippen molar-refractivity contribution in [1.82, 2.24) is 5.32 Å². The number of aryl methyl sites for hydroxylation is 1. The Hall–Kier alpha value is -2.25. The minimum Gasteiger partial charge on any atom is -0.338 e. The van der Waals surface area contributed by atoms with Gasteiger partial charge in [0.05, 0.1) is 10.6 Å². The molecular formula is C19H22ClN3O3S. The van der Waals surface area contributed by atoms with Gasteiger partial charge in [0, 0.05) is 23.8 Å². The van der Waals surface area contributed by atoms with E-state index in [1.54, 1.807) is 42.2 Å². The maximum absolute atomic E-state index is 12.8. The summed E-state index contributed by atoms with van der Waals surface area (Å²) in [5, 5.41) is 3.40. The van der Waals surface area contributed by atoms with Crippen LogP contribution < -0.4 is 14.9 Å². The Kier molecular flexibility index (Phi) is 5.62. The molecule has 144 valence electrons. The zero-order valence-electron chi connectivity index (χ0n) is 15.3. The highest BCUT2D eigenvalue weighted by Gasteiger charge is 2.26. The van der Waals surface area contributed by atoms with Gasteiger partial charge in [-0.15, -0.1) is 0 Å². The molecule has 0 aromatic heterocycles. The molecule has 0 bridgehead atoms. The number of urea groups is 1. The van der Waals surface area contributed by atoms with E-state index in [4.69, 9.17) is 11.6 Å². The van der Waals surface area contributed by atoms with Crippen LogP contribution in [0.15, 0.2) is 41.3 Å². The summed E-state index contributed by atoms with van der Waals surface area (Å²) in [6.07, 6.45) is 1.48. The van der Waals surface area contributed by atoms with E-state index in [-0.39, 0.29) is 10.9 Å². The molecule has 0 fully saturated rings. The summed E-state index contributed by atoms with van der Waals surface area (Å²) < 4.78 is 28.1. The minimum atomic E-state index is -3.73. The van der Waals surface area contributed by atoms with Crippen LogP contribution in [0.1, 0.15) is 24.5 Å². The molecular weight excluding hydrogens is 386 g/mol. The Balaban J connectivity index is 1.83. The Labute approximate surface area is 164 Å². The fraction of sp³-hybridized carbons (Fsp3) is 0.316. The number of halogens is 1. The molecule has 6 nitrogen and oxygen atoms in total. The second-order valence-corrected chi connectivity index (χ2v) is 8.61. The summed E-state index contributed by atoms with van der Waals surface area (Å²) >= 11 is 5.93. The van der Waals surface area contributed by atoms with Crippen molar-refractivity contribution in [1.29, 1.82) is 0 Å². The molecule has 1 aliphatic rings. The Morgan fingerprint density at radius 3 is 2.70 bits per heavy atom. The lowest BCUT2D eigenvalue weighted by molar-refractivity contribution is 0.247. The lowest BCUT2D eigenvalue weighted by atomic mass is 10.2. The third-order valence-corrected chi connectivity index (χ3v) is 6.06. The van der Waals surface area contributed by atoms with Gasteiger partial charge in [0.1, 0.15) is 0 Å². The summed E-state index contributed by atoms with van der Waals surface area (Å²) in [7, 11) is -3.73. The lowest BCUT2D eigenvalue weighted by Gasteiger charge is -2.18. The number of sulfonamides is 1. The fourth-order valence-electron chi connectivity index (χ4n) is 3.03. The van der Waals surface area contributed by atoms with Crippen molar-refractivity contribution in [3.63, 3.8) is 0 Å². The zero-order valence-corrected chi connectivity index (χ0v) is 16.8. The number of nitrogens with zero attached hydrogens (tertiary/aromatic N) is 1. The van der Waals surface area contributed by atoms with Crippen molar-refractivity contribution in [2.24, 2.45) is 0 Å². The van der Waals surface area contributed by atoms with E-state index in [1.807, 2.05) is 6.92 Å². The monoisotopic (exact) mass is 407 g/mol. The number of nitrogens with one attached hydrogen (secondary N) is 2. The van der Waals surface area contributed by atoms with E-state index < -0.39 is 10.0 Å². The van der Waals surface area contributed by atoms with Crippen LogP contribution in [0.2, 0.25) is 5.02 Å². The maximum Gasteiger partial charge on any atom is 0.321 e. The highest BCUT2D eigenvalue weighted by atomic mass is 35.5. The molecule has 0 saturated carbocycles. The summed E-state index contributed by atoms with van der Waals surface area (Å²) in [5.74, 6) is 0. The number of carbonyl (C=O) groups excluding carboxylic acids is 1. The number of carbonyl (C=O) groups is 1. The molecule has 0 aliphatic carbocycles. The van der Waals surface area contributed by atoms with Crippen LogP contribution in [0.25, 0.3) is 0 Å². The molecule has 1 heterocycles. The van der Waals surface area contributed by atoms with Crippen LogP contribution >= 0.6 is 11.6 Å². The molecule has 2 aromatic carbocycles. The van der Waals surface area contributed by atoms with Gasteiger partial charge in [-0.2, -0.15) is 0 Å². The average molecular weight is 408 g/mol. The molecule has 0 radical (unpaired) electrons. The van der Waals surface area contributed by atoms with Gasteiger partial charge in [0.15, 0.2) is 0 Å². The van der Waals surface area contributed by atoms with Gasteiger partial charge < -0.3 is 5.32 Å². The largest absolute Gasteiger partial charge is 0.338 e. The van der Waals surface area contributed by atoms with Crippen molar-refractivity contribution in [3.8, 4) is 0 Å². The van der Waals surface area contributed by atoms with E-state index in [0.717, 1.165) is 23.2 Å². The second kappa shape index (κ2) is 7.78. The molecule has 0 unspecified atom stereocenters. The average Bonchev–Trinajstić information content (AvgIpc) is 3.05. The van der Waals surface area contributed by atoms with Gasteiger partial charge in [-0.05, 0) is 67.3 Å². The highest BCUT2D eigenvalue weighted by molar-refractivity contribution is 7.92. The molecule has 1 aliphatic heterocycles.